The molecule has 0 radical (unpaired) electrons. The number of anilines is 1. The molecule has 2 aromatic rings. The molecule has 2 nitrogen and oxygen atoms in total. The average Bonchev–Trinajstić information content (AvgIpc) is 2.32. The minimum Gasteiger partial charge on any atom is -0.380 e. The topological polar surface area (TPSA) is 24.9 Å². The van der Waals surface area contributed by atoms with E-state index in [1.54, 1.807) is 0 Å². The number of hydrogen-bond acceptors (Lipinski definition) is 2. The van der Waals surface area contributed by atoms with Crippen LogP contribution >= 0.6 is 15.9 Å². The molecule has 0 unspecified atom stereocenters. The molecule has 0 atom stereocenters. The second-order valence-corrected chi connectivity index (χ2v) is 5.37. The van der Waals surface area contributed by atoms with E-state index >= 15 is 0 Å². The fraction of sp³-hybridized carbons (Fsp3) is 0.267. The molecule has 0 amide bonds. The molecule has 0 aliphatic rings. The molecule has 3 heteroatoms. The summed E-state index contributed by atoms with van der Waals surface area (Å²) in [6.07, 6.45) is 1.85. The van der Waals surface area contributed by atoms with Gasteiger partial charge in [-0.15, -0.1) is 0 Å². The predicted octanol–water partition coefficient (Wildman–Crippen LogP) is 4.38. The second-order valence-electron chi connectivity index (χ2n) is 4.62. The third-order valence-electron chi connectivity index (χ3n) is 3.00. The summed E-state index contributed by atoms with van der Waals surface area (Å²) in [5, 5.41) is 3.41. The maximum Gasteiger partial charge on any atom is 0.109 e. The van der Waals surface area contributed by atoms with Gasteiger partial charge in [0.05, 0.1) is 11.9 Å². The summed E-state index contributed by atoms with van der Waals surface area (Å²) in [6.45, 7) is 7.13. The van der Waals surface area contributed by atoms with Gasteiger partial charge in [-0.1, -0.05) is 23.8 Å². The van der Waals surface area contributed by atoms with Crippen molar-refractivity contribution in [1.29, 1.82) is 0 Å². The molecule has 0 aliphatic carbocycles. The zero-order valence-corrected chi connectivity index (χ0v) is 12.5. The van der Waals surface area contributed by atoms with Crippen LogP contribution in [0.15, 0.2) is 35.1 Å². The average molecular weight is 305 g/mol. The van der Waals surface area contributed by atoms with Gasteiger partial charge in [0.1, 0.15) is 4.60 Å². The molecule has 0 bridgehead atoms. The van der Waals surface area contributed by atoms with Gasteiger partial charge in [-0.2, -0.15) is 0 Å². The summed E-state index contributed by atoms with van der Waals surface area (Å²) in [5.41, 5.74) is 6.14. The van der Waals surface area contributed by atoms with Gasteiger partial charge in [-0.05, 0) is 59.5 Å². The summed E-state index contributed by atoms with van der Waals surface area (Å²) < 4.78 is 0.902. The van der Waals surface area contributed by atoms with Gasteiger partial charge in [-0.25, -0.2) is 4.98 Å². The lowest BCUT2D eigenvalue weighted by atomic mass is 10.1. The Morgan fingerprint density at radius 2 is 1.89 bits per heavy atom. The number of nitrogens with one attached hydrogen (secondary N) is 1. The maximum atomic E-state index is 4.28. The van der Waals surface area contributed by atoms with Crippen LogP contribution in [0.3, 0.4) is 0 Å². The van der Waals surface area contributed by atoms with Crippen LogP contribution in [0.4, 0.5) is 5.69 Å². The summed E-state index contributed by atoms with van der Waals surface area (Å²) >= 11 is 3.41. The largest absolute Gasteiger partial charge is 0.380 e. The van der Waals surface area contributed by atoms with Gasteiger partial charge < -0.3 is 5.32 Å². The Morgan fingerprint density at radius 3 is 2.56 bits per heavy atom. The minimum absolute atomic E-state index is 0.828. The molecule has 18 heavy (non-hydrogen) atoms. The first kappa shape index (κ1) is 13.1. The zero-order chi connectivity index (χ0) is 13.1. The molecule has 0 aliphatic heterocycles. The van der Waals surface area contributed by atoms with Crippen LogP contribution in [-0.4, -0.2) is 4.98 Å². The van der Waals surface area contributed by atoms with Crippen molar-refractivity contribution < 1.29 is 0 Å². The van der Waals surface area contributed by atoms with E-state index in [9.17, 15) is 0 Å². The number of aryl methyl sites for hydroxylation is 3. The quantitative estimate of drug-likeness (QED) is 0.851. The van der Waals surface area contributed by atoms with E-state index < -0.39 is 0 Å². The van der Waals surface area contributed by atoms with Crippen LogP contribution in [-0.2, 0) is 6.54 Å². The maximum absolute atomic E-state index is 4.28. The third kappa shape index (κ3) is 3.10. The number of hydrogen-bond donors (Lipinski definition) is 1. The Balaban J connectivity index is 2.09. The van der Waals surface area contributed by atoms with E-state index in [0.29, 0.717) is 0 Å². The van der Waals surface area contributed by atoms with E-state index in [-0.39, 0.29) is 0 Å². The van der Waals surface area contributed by atoms with E-state index in [1.807, 2.05) is 13.1 Å². The number of halogens is 1. The highest BCUT2D eigenvalue weighted by Crippen LogP contribution is 2.18. The number of benzene rings is 1. The smallest absolute Gasteiger partial charge is 0.109 e. The van der Waals surface area contributed by atoms with Crippen molar-refractivity contribution in [2.75, 3.05) is 5.32 Å². The van der Waals surface area contributed by atoms with Crippen LogP contribution in [0.25, 0.3) is 0 Å². The lowest BCUT2D eigenvalue weighted by molar-refractivity contribution is 1.10. The summed E-state index contributed by atoms with van der Waals surface area (Å²) in [5.74, 6) is 0. The molecule has 1 N–H and O–H groups in total. The van der Waals surface area contributed by atoms with Crippen molar-refractivity contribution in [2.24, 2.45) is 0 Å². The standard InChI is InChI=1S/C15H17BrN2/c1-10-4-5-13(11(2)6-10)8-17-14-7-12(3)15(16)18-9-14/h4-7,9,17H,8H2,1-3H3. The summed E-state index contributed by atoms with van der Waals surface area (Å²) in [4.78, 5) is 4.28. The Bertz CT molecular complexity index is 564. The Labute approximate surface area is 117 Å². The van der Waals surface area contributed by atoms with Crippen LogP contribution < -0.4 is 5.32 Å². The van der Waals surface area contributed by atoms with Crippen molar-refractivity contribution in [3.05, 3.63) is 57.3 Å². The van der Waals surface area contributed by atoms with Crippen LogP contribution in [0.5, 0.6) is 0 Å². The van der Waals surface area contributed by atoms with Gasteiger partial charge in [-0.3, -0.25) is 0 Å². The molecule has 1 aromatic heterocycles. The van der Waals surface area contributed by atoms with E-state index in [0.717, 1.165) is 22.4 Å². The van der Waals surface area contributed by atoms with Crippen molar-refractivity contribution in [1.82, 2.24) is 4.98 Å². The van der Waals surface area contributed by atoms with Crippen molar-refractivity contribution >= 4 is 21.6 Å². The number of aromatic nitrogens is 1. The lowest BCUT2D eigenvalue weighted by Gasteiger charge is -2.10. The van der Waals surface area contributed by atoms with E-state index in [2.05, 4.69) is 64.3 Å². The van der Waals surface area contributed by atoms with Crippen molar-refractivity contribution in [2.45, 2.75) is 27.3 Å². The molecule has 2 rings (SSSR count). The molecular weight excluding hydrogens is 288 g/mol. The highest BCUT2D eigenvalue weighted by atomic mass is 79.9. The SMILES string of the molecule is Cc1ccc(CNc2cnc(Br)c(C)c2)c(C)c1. The van der Waals surface area contributed by atoms with Crippen LogP contribution in [0.1, 0.15) is 22.3 Å². The summed E-state index contributed by atoms with van der Waals surface area (Å²) in [7, 11) is 0. The Hall–Kier alpha value is -1.35. The second kappa shape index (κ2) is 5.53. The van der Waals surface area contributed by atoms with Gasteiger partial charge in [0.2, 0.25) is 0 Å². The summed E-state index contributed by atoms with van der Waals surface area (Å²) in [6, 6.07) is 8.63. The Morgan fingerprint density at radius 1 is 1.11 bits per heavy atom. The molecule has 1 heterocycles. The van der Waals surface area contributed by atoms with Crippen molar-refractivity contribution in [3.63, 3.8) is 0 Å². The van der Waals surface area contributed by atoms with E-state index in [4.69, 9.17) is 0 Å². The molecule has 0 fully saturated rings. The number of nitrogens with zero attached hydrogens (tertiary/aromatic N) is 1. The van der Waals surface area contributed by atoms with Gasteiger partial charge >= 0.3 is 0 Å². The highest BCUT2D eigenvalue weighted by Gasteiger charge is 2.01. The van der Waals surface area contributed by atoms with Crippen LogP contribution in [0, 0.1) is 20.8 Å². The Kier molecular flexibility index (Phi) is 4.02. The monoisotopic (exact) mass is 304 g/mol. The van der Waals surface area contributed by atoms with Gasteiger partial charge in [0.25, 0.3) is 0 Å². The third-order valence-corrected chi connectivity index (χ3v) is 3.83. The van der Waals surface area contributed by atoms with Gasteiger partial charge in [0, 0.05) is 6.54 Å². The molecule has 0 saturated heterocycles. The molecule has 1 aromatic carbocycles. The normalized spacial score (nSPS) is 10.4. The van der Waals surface area contributed by atoms with Crippen LogP contribution in [0.2, 0.25) is 0 Å². The minimum atomic E-state index is 0.828. The fourth-order valence-corrected chi connectivity index (χ4v) is 2.11. The molecule has 0 spiro atoms. The predicted molar refractivity (Wildman–Crippen MR) is 79.9 cm³/mol. The molecule has 94 valence electrons. The fourth-order valence-electron chi connectivity index (χ4n) is 1.90. The van der Waals surface area contributed by atoms with Crippen molar-refractivity contribution in [3.8, 4) is 0 Å². The zero-order valence-electron chi connectivity index (χ0n) is 10.9. The molecular formula is C15H17BrN2. The van der Waals surface area contributed by atoms with Gasteiger partial charge in [0.15, 0.2) is 0 Å². The first-order valence-corrected chi connectivity index (χ1v) is 6.77. The first-order valence-electron chi connectivity index (χ1n) is 5.98. The number of pyridine rings is 1. The molecule has 0 saturated carbocycles. The highest BCUT2D eigenvalue weighted by molar-refractivity contribution is 9.10. The number of rotatable bonds is 3. The lowest BCUT2D eigenvalue weighted by Crippen LogP contribution is -2.02. The van der Waals surface area contributed by atoms with E-state index in [1.165, 1.54) is 16.7 Å². The first-order chi connectivity index (χ1) is 8.56.